The van der Waals surface area contributed by atoms with Crippen molar-refractivity contribution in [3.63, 3.8) is 0 Å². The lowest BCUT2D eigenvalue weighted by molar-refractivity contribution is -0.145. The third-order valence-corrected chi connectivity index (χ3v) is 8.52. The number of imidazole rings is 1. The van der Waals surface area contributed by atoms with Crippen molar-refractivity contribution >= 4 is 28.6 Å². The highest BCUT2D eigenvalue weighted by Crippen LogP contribution is 2.57. The number of rotatable bonds is 3. The first-order valence-electron chi connectivity index (χ1n) is 11.9. The fourth-order valence-electron chi connectivity index (χ4n) is 7.16. The van der Waals surface area contributed by atoms with Crippen LogP contribution in [0.1, 0.15) is 43.2 Å². The van der Waals surface area contributed by atoms with Gasteiger partial charge >= 0.3 is 5.69 Å². The minimum absolute atomic E-state index is 0.0586. The molecule has 4 saturated carbocycles. The van der Waals surface area contributed by atoms with Gasteiger partial charge in [-0.05, 0) is 68.2 Å². The van der Waals surface area contributed by atoms with E-state index in [0.717, 1.165) is 61.0 Å². The number of hydrogen-bond donors (Lipinski definition) is 1. The first-order valence-corrected chi connectivity index (χ1v) is 11.9. The average Bonchev–Trinajstić information content (AvgIpc) is 3.33. The molecule has 1 N–H and O–H groups in total. The Kier molecular flexibility index (Phi) is 3.78. The van der Waals surface area contributed by atoms with E-state index in [9.17, 15) is 9.59 Å². The number of Topliss-reactive ketones (excluding diaryl/α,β-unsaturated/α-hetero) is 1. The smallest absolute Gasteiger partial charge is 0.330 e. The first kappa shape index (κ1) is 19.3. The zero-order valence-corrected chi connectivity index (χ0v) is 18.9. The van der Waals surface area contributed by atoms with Crippen molar-refractivity contribution in [1.82, 2.24) is 19.1 Å². The van der Waals surface area contributed by atoms with Crippen LogP contribution in [0, 0.1) is 24.7 Å². The molecule has 2 atom stereocenters. The Hall–Kier alpha value is -3.16. The van der Waals surface area contributed by atoms with Gasteiger partial charge in [0.25, 0.3) is 0 Å². The van der Waals surface area contributed by atoms with Crippen LogP contribution in [0.3, 0.4) is 0 Å². The summed E-state index contributed by atoms with van der Waals surface area (Å²) in [5.41, 5.74) is 4.21. The molecule has 2 aromatic heterocycles. The van der Waals surface area contributed by atoms with Crippen molar-refractivity contribution in [1.29, 1.82) is 0 Å². The van der Waals surface area contributed by atoms with Crippen LogP contribution in [0.25, 0.3) is 11.2 Å². The molecule has 0 amide bonds. The topological polar surface area (TPSA) is 91.0 Å². The highest BCUT2D eigenvalue weighted by atomic mass is 16.5. The molecule has 170 valence electrons. The quantitative estimate of drug-likeness (QED) is 0.666. The molecule has 8 heteroatoms. The largest absolute Gasteiger partial charge is 0.493 e. The highest BCUT2D eigenvalue weighted by molar-refractivity contribution is 5.86. The molecule has 0 saturated heterocycles. The summed E-state index contributed by atoms with van der Waals surface area (Å²) in [7, 11) is 1.79. The summed E-state index contributed by atoms with van der Waals surface area (Å²) in [6.07, 6.45) is 7.08. The van der Waals surface area contributed by atoms with E-state index in [2.05, 4.69) is 16.4 Å². The molecule has 2 unspecified atom stereocenters. The van der Waals surface area contributed by atoms with Gasteiger partial charge < -0.3 is 10.1 Å². The van der Waals surface area contributed by atoms with E-state index in [1.165, 1.54) is 5.56 Å². The number of ether oxygens (including phenoxy) is 1. The van der Waals surface area contributed by atoms with E-state index in [1.807, 2.05) is 17.6 Å². The molecule has 1 aliphatic heterocycles. The maximum atomic E-state index is 13.5. The van der Waals surface area contributed by atoms with Gasteiger partial charge in [0.1, 0.15) is 17.0 Å². The van der Waals surface area contributed by atoms with Crippen molar-refractivity contribution in [2.45, 2.75) is 51.0 Å². The number of anilines is 2. The molecule has 1 aromatic carbocycles. The molecule has 3 aromatic rings. The molecule has 8 rings (SSSR count). The number of nitrogens with one attached hydrogen (secondary N) is 1. The maximum Gasteiger partial charge on any atom is 0.330 e. The summed E-state index contributed by atoms with van der Waals surface area (Å²) >= 11 is 0. The van der Waals surface area contributed by atoms with Crippen molar-refractivity contribution < 1.29 is 9.53 Å². The van der Waals surface area contributed by atoms with E-state index in [1.54, 1.807) is 17.8 Å². The average molecular weight is 446 g/mol. The Bertz CT molecular complexity index is 1390. The van der Waals surface area contributed by atoms with Gasteiger partial charge in [-0.25, -0.2) is 9.78 Å². The lowest BCUT2D eigenvalue weighted by Crippen LogP contribution is -2.58. The summed E-state index contributed by atoms with van der Waals surface area (Å²) in [4.78, 5) is 35.6. The van der Waals surface area contributed by atoms with Gasteiger partial charge in [-0.3, -0.25) is 13.9 Å². The monoisotopic (exact) mass is 445 g/mol. The van der Waals surface area contributed by atoms with Gasteiger partial charge in [-0.2, -0.15) is 4.98 Å². The normalized spacial score (nSPS) is 29.5. The number of nitrogens with zero attached hydrogens (tertiary/aromatic N) is 4. The SMILES string of the molecule is Cc1cc2c(cc1Nc1ncc3c(n1)n(C14CC5CC(C1)C(=O)C(C5)C4)c(=O)n3C)CCO2. The highest BCUT2D eigenvalue weighted by Gasteiger charge is 2.57. The van der Waals surface area contributed by atoms with E-state index >= 15 is 0 Å². The number of fused-ring (bicyclic) bond motifs is 2. The van der Waals surface area contributed by atoms with Crippen LogP contribution in [0.4, 0.5) is 11.6 Å². The lowest BCUT2D eigenvalue weighted by atomic mass is 9.52. The second-order valence-electron chi connectivity index (χ2n) is 10.5. The van der Waals surface area contributed by atoms with Gasteiger partial charge in [0, 0.05) is 31.0 Å². The van der Waals surface area contributed by atoms with Gasteiger partial charge in [0.05, 0.1) is 18.3 Å². The lowest BCUT2D eigenvalue weighted by Gasteiger charge is -2.55. The predicted octanol–water partition coefficient (Wildman–Crippen LogP) is 3.22. The predicted molar refractivity (Wildman–Crippen MR) is 123 cm³/mol. The van der Waals surface area contributed by atoms with Crippen LogP contribution >= 0.6 is 0 Å². The van der Waals surface area contributed by atoms with Crippen LogP contribution in [-0.2, 0) is 23.8 Å². The Morgan fingerprint density at radius 1 is 1.15 bits per heavy atom. The summed E-state index contributed by atoms with van der Waals surface area (Å²) in [6.45, 7) is 2.75. The Morgan fingerprint density at radius 2 is 1.94 bits per heavy atom. The zero-order chi connectivity index (χ0) is 22.5. The van der Waals surface area contributed by atoms with E-state index in [4.69, 9.17) is 9.72 Å². The van der Waals surface area contributed by atoms with Crippen LogP contribution in [0.15, 0.2) is 23.1 Å². The summed E-state index contributed by atoms with van der Waals surface area (Å²) in [5, 5.41) is 3.37. The first-order chi connectivity index (χ1) is 15.9. The van der Waals surface area contributed by atoms with Gasteiger partial charge in [0.2, 0.25) is 5.95 Å². The van der Waals surface area contributed by atoms with Crippen molar-refractivity contribution in [3.8, 4) is 5.75 Å². The van der Waals surface area contributed by atoms with Crippen LogP contribution < -0.4 is 15.7 Å². The van der Waals surface area contributed by atoms with Crippen molar-refractivity contribution in [2.75, 3.05) is 11.9 Å². The molecule has 0 spiro atoms. The minimum atomic E-state index is -0.312. The van der Waals surface area contributed by atoms with Crippen molar-refractivity contribution in [3.05, 3.63) is 39.9 Å². The molecule has 5 aliphatic rings. The van der Waals surface area contributed by atoms with E-state index in [-0.39, 0.29) is 23.1 Å². The van der Waals surface area contributed by atoms with Gasteiger partial charge in [0.15, 0.2) is 5.65 Å². The van der Waals surface area contributed by atoms with E-state index in [0.29, 0.717) is 29.9 Å². The minimum Gasteiger partial charge on any atom is -0.493 e. The summed E-state index contributed by atoms with van der Waals surface area (Å²) in [5.74, 6) is 2.55. The van der Waals surface area contributed by atoms with E-state index < -0.39 is 0 Å². The van der Waals surface area contributed by atoms with Gasteiger partial charge in [-0.15, -0.1) is 0 Å². The molecule has 8 nitrogen and oxygen atoms in total. The van der Waals surface area contributed by atoms with Gasteiger partial charge in [-0.1, -0.05) is 0 Å². The number of hydrogen-bond acceptors (Lipinski definition) is 6. The van der Waals surface area contributed by atoms with Crippen LogP contribution in [0.5, 0.6) is 5.75 Å². The second kappa shape index (κ2) is 6.46. The van der Waals surface area contributed by atoms with Crippen LogP contribution in [-0.4, -0.2) is 31.5 Å². The Morgan fingerprint density at radius 3 is 2.73 bits per heavy atom. The fourth-order valence-corrected chi connectivity index (χ4v) is 7.16. The number of carbonyl (C=O) groups is 1. The van der Waals surface area contributed by atoms with Crippen molar-refractivity contribution in [2.24, 2.45) is 24.8 Å². The number of benzene rings is 1. The summed E-state index contributed by atoms with van der Waals surface area (Å²) in [6, 6.07) is 4.15. The molecule has 3 heterocycles. The molecule has 33 heavy (non-hydrogen) atoms. The molecule has 0 radical (unpaired) electrons. The number of carbonyl (C=O) groups excluding carboxylic acids is 1. The third kappa shape index (κ3) is 2.63. The number of aromatic nitrogens is 4. The standard InChI is InChI=1S/C25H27N5O3/c1-13-5-20-15(3-4-33-20)8-18(13)27-23-26-12-19-22(28-23)30(24(32)29(19)2)25-9-14-6-16(10-25)21(31)17(7-14)11-25/h5,8,12,14,16-17H,3-4,6-7,9-11H2,1-2H3,(H,26,27,28). The Balaban J connectivity index is 1.34. The molecule has 4 aliphatic carbocycles. The zero-order valence-electron chi connectivity index (χ0n) is 18.9. The fraction of sp³-hybridized carbons (Fsp3) is 0.520. The second-order valence-corrected chi connectivity index (χ2v) is 10.5. The number of aryl methyl sites for hydroxylation is 2. The molecular formula is C25H27N5O3. The third-order valence-electron chi connectivity index (χ3n) is 8.52. The molecule has 4 bridgehead atoms. The number of ketones is 1. The Labute approximate surface area is 191 Å². The van der Waals surface area contributed by atoms with Crippen LogP contribution in [0.2, 0.25) is 0 Å². The maximum absolute atomic E-state index is 13.5. The summed E-state index contributed by atoms with van der Waals surface area (Å²) < 4.78 is 9.24. The molecular weight excluding hydrogens is 418 g/mol. The molecule has 4 fully saturated rings.